The number of nitrogens with zero attached hydrogens (tertiary/aromatic N) is 1. The number of aromatic nitrogens is 1. The van der Waals surface area contributed by atoms with E-state index in [-0.39, 0.29) is 12.4 Å². The van der Waals surface area contributed by atoms with E-state index < -0.39 is 5.97 Å². The lowest BCUT2D eigenvalue weighted by molar-refractivity contribution is 0.0475. The maximum atomic E-state index is 11.8. The molecule has 98 valence electrons. The van der Waals surface area contributed by atoms with Crippen LogP contribution in [-0.4, -0.2) is 23.3 Å². The van der Waals surface area contributed by atoms with Crippen LogP contribution in [0, 0.1) is 0 Å². The number of aryl methyl sites for hydroxylation is 1. The van der Waals surface area contributed by atoms with Crippen LogP contribution >= 0.6 is 11.3 Å². The molecule has 4 nitrogen and oxygen atoms in total. The summed E-state index contributed by atoms with van der Waals surface area (Å²) in [6, 6.07) is 6.79. The lowest BCUT2D eigenvalue weighted by Crippen LogP contribution is -2.13. The monoisotopic (exact) mass is 275 g/mol. The quantitative estimate of drug-likeness (QED) is 0.622. The second kappa shape index (κ2) is 6.24. The highest BCUT2D eigenvalue weighted by atomic mass is 32.1. The summed E-state index contributed by atoms with van der Waals surface area (Å²) >= 11 is 1.44. The zero-order valence-electron chi connectivity index (χ0n) is 10.5. The molecule has 2 aromatic rings. The molecule has 0 spiro atoms. The fraction of sp³-hybridized carbons (Fsp3) is 0.214. The van der Waals surface area contributed by atoms with Gasteiger partial charge in [-0.3, -0.25) is 9.78 Å². The van der Waals surface area contributed by atoms with Crippen LogP contribution in [0.15, 0.2) is 36.7 Å². The summed E-state index contributed by atoms with van der Waals surface area (Å²) in [4.78, 5) is 29.1. The van der Waals surface area contributed by atoms with Crippen molar-refractivity contribution in [3.8, 4) is 0 Å². The number of carbonyl (C=O) groups is 2. The van der Waals surface area contributed by atoms with Crippen LogP contribution in [0.4, 0.5) is 0 Å². The molecule has 0 saturated carbocycles. The van der Waals surface area contributed by atoms with Crippen molar-refractivity contribution in [1.82, 2.24) is 4.98 Å². The highest BCUT2D eigenvalue weighted by Gasteiger charge is 2.13. The van der Waals surface area contributed by atoms with E-state index in [1.807, 2.05) is 13.0 Å². The summed E-state index contributed by atoms with van der Waals surface area (Å²) in [5.74, 6) is -0.685. The van der Waals surface area contributed by atoms with Crippen LogP contribution in [0.1, 0.15) is 31.8 Å². The van der Waals surface area contributed by atoms with Gasteiger partial charge in [0, 0.05) is 17.3 Å². The number of hydrogen-bond donors (Lipinski definition) is 0. The Balaban J connectivity index is 1.92. The van der Waals surface area contributed by atoms with Gasteiger partial charge in [0.05, 0.1) is 10.4 Å². The molecule has 0 fully saturated rings. The summed E-state index contributed by atoms with van der Waals surface area (Å²) in [6.07, 6.45) is 3.91. The fourth-order valence-corrected chi connectivity index (χ4v) is 2.36. The van der Waals surface area contributed by atoms with E-state index in [1.165, 1.54) is 23.7 Å². The zero-order valence-corrected chi connectivity index (χ0v) is 11.3. The number of ether oxygens (including phenoxy) is 1. The SMILES string of the molecule is CCc1ccc(C(=O)COC(=O)c2ccncc2)s1. The third-order valence-corrected chi connectivity index (χ3v) is 3.81. The Hall–Kier alpha value is -2.01. The van der Waals surface area contributed by atoms with Gasteiger partial charge in [0.2, 0.25) is 5.78 Å². The minimum Gasteiger partial charge on any atom is -0.454 e. The van der Waals surface area contributed by atoms with Crippen molar-refractivity contribution in [2.24, 2.45) is 0 Å². The smallest absolute Gasteiger partial charge is 0.338 e. The molecule has 2 aromatic heterocycles. The van der Waals surface area contributed by atoms with Gasteiger partial charge in [0.1, 0.15) is 0 Å². The predicted molar refractivity (Wildman–Crippen MR) is 72.5 cm³/mol. The van der Waals surface area contributed by atoms with E-state index in [9.17, 15) is 9.59 Å². The third-order valence-electron chi connectivity index (χ3n) is 2.54. The highest BCUT2D eigenvalue weighted by Crippen LogP contribution is 2.17. The van der Waals surface area contributed by atoms with Gasteiger partial charge in [-0.2, -0.15) is 0 Å². The lowest BCUT2D eigenvalue weighted by atomic mass is 10.3. The van der Waals surface area contributed by atoms with E-state index >= 15 is 0 Å². The molecular weight excluding hydrogens is 262 g/mol. The summed E-state index contributed by atoms with van der Waals surface area (Å²) in [5.41, 5.74) is 0.392. The van der Waals surface area contributed by atoms with E-state index in [2.05, 4.69) is 4.98 Å². The van der Waals surface area contributed by atoms with Gasteiger partial charge in [-0.15, -0.1) is 11.3 Å². The van der Waals surface area contributed by atoms with Gasteiger partial charge in [-0.05, 0) is 30.7 Å². The topological polar surface area (TPSA) is 56.3 Å². The fourth-order valence-electron chi connectivity index (χ4n) is 1.49. The number of thiophene rings is 1. The molecule has 0 atom stereocenters. The van der Waals surface area contributed by atoms with Crippen LogP contribution in [0.3, 0.4) is 0 Å². The van der Waals surface area contributed by atoms with Gasteiger partial charge in [-0.25, -0.2) is 4.79 Å². The molecule has 0 unspecified atom stereocenters. The van der Waals surface area contributed by atoms with Crippen LogP contribution < -0.4 is 0 Å². The number of hydrogen-bond acceptors (Lipinski definition) is 5. The second-order valence-corrected chi connectivity index (χ2v) is 5.02. The van der Waals surface area contributed by atoms with Gasteiger partial charge in [0.15, 0.2) is 6.61 Å². The molecule has 2 rings (SSSR count). The molecule has 0 saturated heterocycles. The standard InChI is InChI=1S/C14H13NO3S/c1-2-11-3-4-13(19-11)12(16)9-18-14(17)10-5-7-15-8-6-10/h3-8H,2,9H2,1H3. The largest absolute Gasteiger partial charge is 0.454 e. The predicted octanol–water partition coefficient (Wildman–Crippen LogP) is 2.75. The maximum absolute atomic E-state index is 11.8. The Labute approximate surface area is 115 Å². The number of ketones is 1. The van der Waals surface area contributed by atoms with Gasteiger partial charge in [0.25, 0.3) is 0 Å². The normalized spacial score (nSPS) is 10.2. The van der Waals surface area contributed by atoms with Gasteiger partial charge in [-0.1, -0.05) is 6.92 Å². The van der Waals surface area contributed by atoms with Gasteiger partial charge >= 0.3 is 5.97 Å². The first-order valence-corrected chi connectivity index (χ1v) is 6.71. The number of Topliss-reactive ketones (excluding diaryl/α,β-unsaturated/α-hetero) is 1. The molecule has 0 N–H and O–H groups in total. The molecule has 0 aliphatic heterocycles. The summed E-state index contributed by atoms with van der Waals surface area (Å²) < 4.78 is 4.98. The summed E-state index contributed by atoms with van der Waals surface area (Å²) in [6.45, 7) is 1.80. The molecule has 0 aromatic carbocycles. The van der Waals surface area contributed by atoms with E-state index in [0.29, 0.717) is 10.4 Å². The van der Waals surface area contributed by atoms with Crippen molar-refractivity contribution in [3.63, 3.8) is 0 Å². The van der Waals surface area contributed by atoms with Crippen molar-refractivity contribution in [3.05, 3.63) is 52.0 Å². The maximum Gasteiger partial charge on any atom is 0.338 e. The molecular formula is C14H13NO3S. The van der Waals surface area contributed by atoms with Crippen LogP contribution in [0.25, 0.3) is 0 Å². The second-order valence-electron chi connectivity index (χ2n) is 3.85. The molecule has 0 aliphatic carbocycles. The molecule has 19 heavy (non-hydrogen) atoms. The first-order chi connectivity index (χ1) is 9.20. The molecule has 2 heterocycles. The van der Waals surface area contributed by atoms with E-state index in [1.54, 1.807) is 18.2 Å². The third kappa shape index (κ3) is 3.48. The Morgan fingerprint density at radius 1 is 1.21 bits per heavy atom. The van der Waals surface area contributed by atoms with Crippen LogP contribution in [0.2, 0.25) is 0 Å². The van der Waals surface area contributed by atoms with Gasteiger partial charge < -0.3 is 4.74 Å². The lowest BCUT2D eigenvalue weighted by Gasteiger charge is -2.02. The number of carbonyl (C=O) groups excluding carboxylic acids is 2. The first kappa shape index (κ1) is 13.4. The summed E-state index contributed by atoms with van der Waals surface area (Å²) in [5, 5.41) is 0. The molecule has 0 amide bonds. The average Bonchev–Trinajstić information content (AvgIpc) is 2.94. The Morgan fingerprint density at radius 2 is 1.95 bits per heavy atom. The molecule has 0 radical (unpaired) electrons. The van der Waals surface area contributed by atoms with Crippen molar-refractivity contribution < 1.29 is 14.3 Å². The van der Waals surface area contributed by atoms with Crippen molar-refractivity contribution in [2.75, 3.05) is 6.61 Å². The molecule has 0 bridgehead atoms. The van der Waals surface area contributed by atoms with Crippen LogP contribution in [0.5, 0.6) is 0 Å². The first-order valence-electron chi connectivity index (χ1n) is 5.89. The zero-order chi connectivity index (χ0) is 13.7. The van der Waals surface area contributed by atoms with Crippen molar-refractivity contribution in [2.45, 2.75) is 13.3 Å². The molecule has 0 aliphatic rings. The number of rotatable bonds is 5. The van der Waals surface area contributed by atoms with E-state index in [0.717, 1.165) is 11.3 Å². The summed E-state index contributed by atoms with van der Waals surface area (Å²) in [7, 11) is 0. The Bertz CT molecular complexity index is 577. The number of esters is 1. The van der Waals surface area contributed by atoms with Crippen LogP contribution in [-0.2, 0) is 11.2 Å². The van der Waals surface area contributed by atoms with Crippen molar-refractivity contribution in [1.29, 1.82) is 0 Å². The minimum atomic E-state index is -0.511. The van der Waals surface area contributed by atoms with E-state index in [4.69, 9.17) is 4.74 Å². The Kier molecular flexibility index (Phi) is 4.41. The highest BCUT2D eigenvalue weighted by molar-refractivity contribution is 7.14. The average molecular weight is 275 g/mol. The molecule has 5 heteroatoms. The Morgan fingerprint density at radius 3 is 2.58 bits per heavy atom. The minimum absolute atomic E-state index is 0.174. The van der Waals surface area contributed by atoms with Crippen molar-refractivity contribution >= 4 is 23.1 Å². The number of pyridine rings is 1.